The largest absolute Gasteiger partial charge is 0.207 e. The molecule has 0 radical (unpaired) electrons. The van der Waals surface area contributed by atoms with E-state index in [-0.39, 0.29) is 17.9 Å². The van der Waals surface area contributed by atoms with Crippen molar-refractivity contribution in [2.45, 2.75) is 41.0 Å². The van der Waals surface area contributed by atoms with Crippen molar-refractivity contribution in [1.29, 1.82) is 0 Å². The molecule has 0 aliphatic heterocycles. The van der Waals surface area contributed by atoms with Gasteiger partial charge in [-0.15, -0.1) is 0 Å². The van der Waals surface area contributed by atoms with Gasteiger partial charge in [0.05, 0.1) is 0 Å². The van der Waals surface area contributed by atoms with Gasteiger partial charge in [-0.25, -0.2) is 8.78 Å². The Balaban J connectivity index is 3.46. The third kappa shape index (κ3) is 2.56. The quantitative estimate of drug-likeness (QED) is 0.564. The highest BCUT2D eigenvalue weighted by molar-refractivity contribution is 5.48. The van der Waals surface area contributed by atoms with Crippen LogP contribution in [0.2, 0.25) is 0 Å². The lowest BCUT2D eigenvalue weighted by Crippen LogP contribution is -2.00. The summed E-state index contributed by atoms with van der Waals surface area (Å²) in [6, 6.07) is 0. The van der Waals surface area contributed by atoms with Crippen LogP contribution in [0.15, 0.2) is 46.1 Å². The number of hydrogen-bond acceptors (Lipinski definition) is 0. The Hall–Kier alpha value is -1.18. The van der Waals surface area contributed by atoms with Crippen LogP contribution in [0.5, 0.6) is 0 Å². The van der Waals surface area contributed by atoms with E-state index in [1.54, 1.807) is 20.8 Å². The van der Waals surface area contributed by atoms with Gasteiger partial charge in [0.25, 0.3) is 0 Å². The van der Waals surface area contributed by atoms with Gasteiger partial charge in [0.2, 0.25) is 0 Å². The second kappa shape index (κ2) is 4.99. The smallest absolute Gasteiger partial charge is 0.132 e. The maximum absolute atomic E-state index is 14.2. The molecule has 1 unspecified atom stereocenters. The molecule has 0 aromatic heterocycles. The summed E-state index contributed by atoms with van der Waals surface area (Å²) in [5, 5.41) is 0. The molecule has 1 aliphatic carbocycles. The Morgan fingerprint density at radius 2 is 1.65 bits per heavy atom. The predicted octanol–water partition coefficient (Wildman–Crippen LogP) is 5.41. The molecule has 0 heterocycles. The molecular formula is C15H20F2. The van der Waals surface area contributed by atoms with E-state index in [9.17, 15) is 8.78 Å². The first-order valence-corrected chi connectivity index (χ1v) is 5.84. The van der Waals surface area contributed by atoms with E-state index < -0.39 is 11.7 Å². The highest BCUT2D eigenvalue weighted by Crippen LogP contribution is 2.39. The van der Waals surface area contributed by atoms with Crippen LogP contribution >= 0.6 is 0 Å². The van der Waals surface area contributed by atoms with Crippen LogP contribution in [-0.4, -0.2) is 0 Å². The Morgan fingerprint density at radius 3 is 2.12 bits per heavy atom. The Kier molecular flexibility index (Phi) is 4.07. The molecule has 0 amide bonds. The van der Waals surface area contributed by atoms with Crippen LogP contribution in [0.25, 0.3) is 0 Å². The van der Waals surface area contributed by atoms with Crippen LogP contribution in [0.4, 0.5) is 8.78 Å². The first kappa shape index (κ1) is 13.9. The van der Waals surface area contributed by atoms with Crippen molar-refractivity contribution in [3.63, 3.8) is 0 Å². The van der Waals surface area contributed by atoms with Crippen LogP contribution in [0.1, 0.15) is 41.0 Å². The van der Waals surface area contributed by atoms with E-state index in [4.69, 9.17) is 0 Å². The minimum Gasteiger partial charge on any atom is -0.207 e. The van der Waals surface area contributed by atoms with Gasteiger partial charge in [-0.2, -0.15) is 0 Å². The van der Waals surface area contributed by atoms with E-state index in [0.29, 0.717) is 11.1 Å². The summed E-state index contributed by atoms with van der Waals surface area (Å²) in [5.74, 6) is -0.885. The molecule has 0 fully saturated rings. The molecule has 0 nitrogen and oxygen atoms in total. The number of rotatable bonds is 2. The van der Waals surface area contributed by atoms with Gasteiger partial charge in [0.1, 0.15) is 11.7 Å². The molecule has 0 spiro atoms. The fraction of sp³-hybridized carbons (Fsp3) is 0.467. The molecule has 0 aromatic carbocycles. The zero-order valence-corrected chi connectivity index (χ0v) is 11.2. The molecule has 0 saturated heterocycles. The topological polar surface area (TPSA) is 0 Å². The molecule has 1 atom stereocenters. The summed E-state index contributed by atoms with van der Waals surface area (Å²) in [4.78, 5) is 0. The van der Waals surface area contributed by atoms with Crippen LogP contribution in [0.3, 0.4) is 0 Å². The van der Waals surface area contributed by atoms with Crippen LogP contribution in [0, 0.1) is 5.92 Å². The van der Waals surface area contributed by atoms with Gasteiger partial charge in [0, 0.05) is 11.5 Å². The molecule has 1 aliphatic rings. The molecule has 2 heteroatoms. The monoisotopic (exact) mass is 238 g/mol. The number of halogens is 2. The lowest BCUT2D eigenvalue weighted by Gasteiger charge is -2.13. The van der Waals surface area contributed by atoms with Gasteiger partial charge in [0.15, 0.2) is 0 Å². The molecular weight excluding hydrogens is 218 g/mol. The van der Waals surface area contributed by atoms with E-state index >= 15 is 0 Å². The number of hydrogen-bond donors (Lipinski definition) is 0. The molecule has 0 N–H and O–H groups in total. The van der Waals surface area contributed by atoms with E-state index in [1.807, 2.05) is 13.8 Å². The van der Waals surface area contributed by atoms with Gasteiger partial charge in [-0.1, -0.05) is 24.6 Å². The van der Waals surface area contributed by atoms with Crippen molar-refractivity contribution >= 4 is 0 Å². The van der Waals surface area contributed by atoms with E-state index in [1.165, 1.54) is 0 Å². The summed E-state index contributed by atoms with van der Waals surface area (Å²) in [6.07, 6.45) is 0.256. The van der Waals surface area contributed by atoms with Gasteiger partial charge >= 0.3 is 0 Å². The van der Waals surface area contributed by atoms with Crippen molar-refractivity contribution in [3.05, 3.63) is 46.1 Å². The zero-order chi connectivity index (χ0) is 13.3. The maximum Gasteiger partial charge on any atom is 0.132 e. The van der Waals surface area contributed by atoms with Gasteiger partial charge in [-0.05, 0) is 45.3 Å². The lowest BCUT2D eigenvalue weighted by atomic mass is 9.92. The summed E-state index contributed by atoms with van der Waals surface area (Å²) in [5.41, 5.74) is 2.97. The van der Waals surface area contributed by atoms with Crippen molar-refractivity contribution < 1.29 is 8.78 Å². The normalized spacial score (nSPS) is 22.2. The molecule has 94 valence electrons. The molecule has 0 saturated carbocycles. The van der Waals surface area contributed by atoms with Crippen molar-refractivity contribution in [2.24, 2.45) is 5.92 Å². The predicted molar refractivity (Wildman–Crippen MR) is 68.9 cm³/mol. The second-order valence-electron chi connectivity index (χ2n) is 4.95. The van der Waals surface area contributed by atoms with Crippen LogP contribution < -0.4 is 0 Å². The Labute approximate surface area is 102 Å². The third-order valence-electron chi connectivity index (χ3n) is 3.57. The third-order valence-corrected chi connectivity index (χ3v) is 3.57. The summed E-state index contributed by atoms with van der Waals surface area (Å²) in [6.45, 7) is 12.7. The molecule has 1 rings (SSSR count). The van der Waals surface area contributed by atoms with Gasteiger partial charge < -0.3 is 0 Å². The van der Waals surface area contributed by atoms with Gasteiger partial charge in [-0.3, -0.25) is 0 Å². The summed E-state index contributed by atoms with van der Waals surface area (Å²) >= 11 is 0. The van der Waals surface area contributed by atoms with E-state index in [2.05, 4.69) is 6.58 Å². The highest BCUT2D eigenvalue weighted by atomic mass is 19.1. The Bertz CT molecular complexity index is 448. The summed E-state index contributed by atoms with van der Waals surface area (Å²) < 4.78 is 28.4. The lowest BCUT2D eigenvalue weighted by molar-refractivity contribution is 0.586. The fourth-order valence-electron chi connectivity index (χ4n) is 2.03. The minimum absolute atomic E-state index is 0.0524. The van der Waals surface area contributed by atoms with Crippen LogP contribution in [-0.2, 0) is 0 Å². The average Bonchev–Trinajstić information content (AvgIpc) is 2.32. The summed E-state index contributed by atoms with van der Waals surface area (Å²) in [7, 11) is 0. The van der Waals surface area contributed by atoms with Crippen molar-refractivity contribution in [1.82, 2.24) is 0 Å². The Morgan fingerprint density at radius 1 is 1.12 bits per heavy atom. The average molecular weight is 238 g/mol. The maximum atomic E-state index is 14.2. The SMILES string of the molecule is C=C(C)CC1=C(F)C(C)=C(C)C(C)C(C)=C1F. The first-order valence-electron chi connectivity index (χ1n) is 5.84. The molecule has 0 bridgehead atoms. The second-order valence-corrected chi connectivity index (χ2v) is 4.95. The highest BCUT2D eigenvalue weighted by Gasteiger charge is 2.25. The van der Waals surface area contributed by atoms with Crippen molar-refractivity contribution in [2.75, 3.05) is 0 Å². The van der Waals surface area contributed by atoms with Crippen molar-refractivity contribution in [3.8, 4) is 0 Å². The number of allylic oxidation sites excluding steroid dienone is 7. The first-order chi connectivity index (χ1) is 7.77. The fourth-order valence-corrected chi connectivity index (χ4v) is 2.03. The standard InChI is InChI=1S/C15H20F2/c1-8(2)7-13-14(16)11(5)9(3)10(4)12(6)15(13)17/h9H,1,7H2,2-6H3. The zero-order valence-electron chi connectivity index (χ0n) is 11.2. The van der Waals surface area contributed by atoms with E-state index in [0.717, 1.165) is 11.1 Å². The molecule has 0 aromatic rings. The minimum atomic E-state index is -0.424. The molecule has 17 heavy (non-hydrogen) atoms.